The average molecular weight is 352 g/mol. The van der Waals surface area contributed by atoms with Gasteiger partial charge < -0.3 is 0 Å². The minimum Gasteiger partial charge on any atom is -0.295 e. The topological polar surface area (TPSA) is 80.5 Å². The monoisotopic (exact) mass is 352 g/mol. The molecule has 23 heavy (non-hydrogen) atoms. The number of hydrogen-bond acceptors (Lipinski definition) is 4. The third-order valence-corrected chi connectivity index (χ3v) is 5.59. The number of sulfonamides is 1. The standard InChI is InChI=1S/C15H13FN2O3S2/c16-11-3-1-2-10(8-11)15-18(14(19)9-22-15)12-4-6-13(7-5-12)23(17,20)21/h1-8,15H,9H2,(H2,17,20,21). The lowest BCUT2D eigenvalue weighted by Gasteiger charge is -2.24. The molecule has 0 saturated carbocycles. The normalized spacial score (nSPS) is 18.4. The fourth-order valence-corrected chi connectivity index (χ4v) is 4.09. The van der Waals surface area contributed by atoms with Gasteiger partial charge in [-0.3, -0.25) is 9.69 Å². The number of benzene rings is 2. The van der Waals surface area contributed by atoms with Gasteiger partial charge in [-0.2, -0.15) is 0 Å². The Kier molecular flexibility index (Phi) is 4.13. The Labute approximate surface area is 137 Å². The number of primary sulfonamides is 1. The summed E-state index contributed by atoms with van der Waals surface area (Å²) in [5.74, 6) is -0.211. The van der Waals surface area contributed by atoms with Crippen LogP contribution >= 0.6 is 11.8 Å². The van der Waals surface area contributed by atoms with Gasteiger partial charge in [-0.15, -0.1) is 11.8 Å². The van der Waals surface area contributed by atoms with Gasteiger partial charge >= 0.3 is 0 Å². The molecule has 0 radical (unpaired) electrons. The third-order valence-electron chi connectivity index (χ3n) is 3.45. The summed E-state index contributed by atoms with van der Waals surface area (Å²) in [5, 5.41) is 4.72. The third kappa shape index (κ3) is 3.24. The highest BCUT2D eigenvalue weighted by atomic mass is 32.2. The largest absolute Gasteiger partial charge is 0.295 e. The SMILES string of the molecule is NS(=O)(=O)c1ccc(N2C(=O)CSC2c2cccc(F)c2)cc1. The number of hydrogen-bond donors (Lipinski definition) is 1. The van der Waals surface area contributed by atoms with Crippen molar-refractivity contribution < 1.29 is 17.6 Å². The molecule has 0 spiro atoms. The van der Waals surface area contributed by atoms with Crippen molar-refractivity contribution in [2.24, 2.45) is 5.14 Å². The first-order chi connectivity index (χ1) is 10.9. The van der Waals surface area contributed by atoms with Crippen LogP contribution in [0.1, 0.15) is 10.9 Å². The molecule has 1 fully saturated rings. The predicted octanol–water partition coefficient (Wildman–Crippen LogP) is 2.25. The van der Waals surface area contributed by atoms with Gasteiger partial charge in [-0.1, -0.05) is 12.1 Å². The summed E-state index contributed by atoms with van der Waals surface area (Å²) >= 11 is 1.39. The first-order valence-electron chi connectivity index (χ1n) is 6.68. The molecule has 1 atom stereocenters. The van der Waals surface area contributed by atoms with Gasteiger partial charge in [-0.05, 0) is 42.0 Å². The summed E-state index contributed by atoms with van der Waals surface area (Å²) in [6.45, 7) is 0. The highest BCUT2D eigenvalue weighted by Crippen LogP contribution is 2.41. The van der Waals surface area contributed by atoms with E-state index in [1.807, 2.05) is 0 Å². The van der Waals surface area contributed by atoms with Gasteiger partial charge in [0, 0.05) is 5.69 Å². The van der Waals surface area contributed by atoms with Gasteiger partial charge in [0.2, 0.25) is 15.9 Å². The van der Waals surface area contributed by atoms with Crippen molar-refractivity contribution in [1.29, 1.82) is 0 Å². The van der Waals surface area contributed by atoms with Gasteiger partial charge in [-0.25, -0.2) is 17.9 Å². The second-order valence-corrected chi connectivity index (χ2v) is 7.65. The van der Waals surface area contributed by atoms with E-state index < -0.39 is 10.0 Å². The maximum Gasteiger partial charge on any atom is 0.238 e. The Morgan fingerprint density at radius 2 is 1.87 bits per heavy atom. The molecule has 3 rings (SSSR count). The zero-order valence-electron chi connectivity index (χ0n) is 11.8. The molecule has 2 aromatic rings. The van der Waals surface area contributed by atoms with Crippen molar-refractivity contribution in [3.63, 3.8) is 0 Å². The Hall–Kier alpha value is -1.90. The van der Waals surface area contributed by atoms with Crippen LogP contribution in [0.3, 0.4) is 0 Å². The predicted molar refractivity (Wildman–Crippen MR) is 86.9 cm³/mol. The zero-order valence-corrected chi connectivity index (χ0v) is 13.5. The minimum absolute atomic E-state index is 0.0251. The summed E-state index contributed by atoms with van der Waals surface area (Å²) in [5.41, 5.74) is 1.22. The van der Waals surface area contributed by atoms with E-state index in [1.165, 1.54) is 53.1 Å². The van der Waals surface area contributed by atoms with Crippen molar-refractivity contribution >= 4 is 33.4 Å². The molecule has 1 unspecified atom stereocenters. The van der Waals surface area contributed by atoms with Crippen LogP contribution in [0.25, 0.3) is 0 Å². The Morgan fingerprint density at radius 1 is 1.17 bits per heavy atom. The zero-order chi connectivity index (χ0) is 16.6. The van der Waals surface area contributed by atoms with Crippen LogP contribution < -0.4 is 10.0 Å². The van der Waals surface area contributed by atoms with Crippen LogP contribution in [0, 0.1) is 5.82 Å². The molecule has 1 aliphatic rings. The van der Waals surface area contributed by atoms with E-state index in [-0.39, 0.29) is 27.7 Å². The van der Waals surface area contributed by atoms with Gasteiger partial charge in [0.15, 0.2) is 0 Å². The lowest BCUT2D eigenvalue weighted by atomic mass is 10.2. The van der Waals surface area contributed by atoms with Gasteiger partial charge in [0.1, 0.15) is 11.2 Å². The highest BCUT2D eigenvalue weighted by Gasteiger charge is 2.34. The Bertz CT molecular complexity index is 853. The molecule has 1 amide bonds. The molecular weight excluding hydrogens is 339 g/mol. The molecule has 5 nitrogen and oxygen atoms in total. The maximum absolute atomic E-state index is 13.4. The van der Waals surface area contributed by atoms with E-state index in [0.717, 1.165) is 0 Å². The summed E-state index contributed by atoms with van der Waals surface area (Å²) < 4.78 is 36.0. The van der Waals surface area contributed by atoms with Crippen LogP contribution in [-0.2, 0) is 14.8 Å². The number of nitrogens with two attached hydrogens (primary N) is 1. The summed E-state index contributed by atoms with van der Waals surface area (Å²) in [6.07, 6.45) is 0. The first kappa shape index (κ1) is 16.0. The van der Waals surface area contributed by atoms with Crippen LogP contribution in [0.15, 0.2) is 53.4 Å². The van der Waals surface area contributed by atoms with E-state index in [9.17, 15) is 17.6 Å². The number of nitrogens with zero attached hydrogens (tertiary/aromatic N) is 1. The number of amides is 1. The number of rotatable bonds is 3. The molecule has 1 heterocycles. The van der Waals surface area contributed by atoms with Crippen molar-refractivity contribution in [2.45, 2.75) is 10.3 Å². The van der Waals surface area contributed by atoms with E-state index in [1.54, 1.807) is 12.1 Å². The fourth-order valence-electron chi connectivity index (χ4n) is 2.41. The van der Waals surface area contributed by atoms with Crippen LogP contribution in [-0.4, -0.2) is 20.1 Å². The van der Waals surface area contributed by atoms with Gasteiger partial charge in [0.05, 0.1) is 10.6 Å². The van der Waals surface area contributed by atoms with Crippen molar-refractivity contribution in [3.05, 3.63) is 59.9 Å². The smallest absolute Gasteiger partial charge is 0.238 e. The van der Waals surface area contributed by atoms with Gasteiger partial charge in [0.25, 0.3) is 0 Å². The second kappa shape index (κ2) is 5.95. The Morgan fingerprint density at radius 3 is 2.48 bits per heavy atom. The maximum atomic E-state index is 13.4. The first-order valence-corrected chi connectivity index (χ1v) is 9.28. The number of carbonyl (C=O) groups is 1. The molecule has 0 aromatic heterocycles. The second-order valence-electron chi connectivity index (χ2n) is 5.02. The molecule has 1 saturated heterocycles. The van der Waals surface area contributed by atoms with Crippen LogP contribution in [0.2, 0.25) is 0 Å². The molecule has 8 heteroatoms. The average Bonchev–Trinajstić information content (AvgIpc) is 2.88. The van der Waals surface area contributed by atoms with Crippen LogP contribution in [0.5, 0.6) is 0 Å². The number of thioether (sulfide) groups is 1. The van der Waals surface area contributed by atoms with Crippen molar-refractivity contribution in [2.75, 3.05) is 10.7 Å². The summed E-state index contributed by atoms with van der Waals surface area (Å²) in [4.78, 5) is 13.7. The number of halogens is 1. The Balaban J connectivity index is 1.97. The van der Waals surface area contributed by atoms with Crippen molar-refractivity contribution in [1.82, 2.24) is 0 Å². The van der Waals surface area contributed by atoms with E-state index in [0.29, 0.717) is 11.3 Å². The molecule has 0 bridgehead atoms. The summed E-state index contributed by atoms with van der Waals surface area (Å²) in [7, 11) is -3.79. The lowest BCUT2D eigenvalue weighted by molar-refractivity contribution is -0.115. The molecule has 0 aliphatic carbocycles. The molecule has 1 aliphatic heterocycles. The molecule has 120 valence electrons. The van der Waals surface area contributed by atoms with Crippen LogP contribution in [0.4, 0.5) is 10.1 Å². The van der Waals surface area contributed by atoms with Crippen molar-refractivity contribution in [3.8, 4) is 0 Å². The number of carbonyl (C=O) groups excluding carboxylic acids is 1. The molecular formula is C15H13FN2O3S2. The van der Waals surface area contributed by atoms with E-state index in [2.05, 4.69) is 0 Å². The number of anilines is 1. The quantitative estimate of drug-likeness (QED) is 0.919. The summed E-state index contributed by atoms with van der Waals surface area (Å²) in [6, 6.07) is 11.8. The molecule has 2 N–H and O–H groups in total. The lowest BCUT2D eigenvalue weighted by Crippen LogP contribution is -2.27. The fraction of sp³-hybridized carbons (Fsp3) is 0.133. The molecule has 2 aromatic carbocycles. The van der Waals surface area contributed by atoms with E-state index in [4.69, 9.17) is 5.14 Å². The highest BCUT2D eigenvalue weighted by molar-refractivity contribution is 8.00. The minimum atomic E-state index is -3.79. The van der Waals surface area contributed by atoms with E-state index >= 15 is 0 Å².